The van der Waals surface area contributed by atoms with Gasteiger partial charge in [0.25, 0.3) is 5.91 Å². The Morgan fingerprint density at radius 3 is 2.72 bits per heavy atom. The summed E-state index contributed by atoms with van der Waals surface area (Å²) in [6, 6.07) is 3.15. The van der Waals surface area contributed by atoms with Crippen LogP contribution in [-0.4, -0.2) is 47.4 Å². The molecule has 0 spiro atoms. The number of hydrogen-bond donors (Lipinski definition) is 2. The number of para-hydroxylation sites is 1. The molecule has 0 radical (unpaired) electrons. The van der Waals surface area contributed by atoms with Crippen molar-refractivity contribution < 1.29 is 29.0 Å². The van der Waals surface area contributed by atoms with Crippen molar-refractivity contribution in [1.82, 2.24) is 5.32 Å². The molecule has 0 saturated carbocycles. The molecule has 0 unspecified atom stereocenters. The quantitative estimate of drug-likeness (QED) is 0.835. The van der Waals surface area contributed by atoms with Gasteiger partial charge in [0, 0.05) is 6.42 Å². The van der Waals surface area contributed by atoms with E-state index in [9.17, 15) is 19.5 Å². The van der Waals surface area contributed by atoms with Gasteiger partial charge in [-0.1, -0.05) is 12.1 Å². The lowest BCUT2D eigenvalue weighted by molar-refractivity contribution is -0.140. The number of amides is 2. The van der Waals surface area contributed by atoms with Crippen molar-refractivity contribution in [1.29, 1.82) is 0 Å². The van der Waals surface area contributed by atoms with Crippen LogP contribution in [0.15, 0.2) is 18.2 Å². The maximum absolute atomic E-state index is 12.9. The van der Waals surface area contributed by atoms with Crippen LogP contribution in [0, 0.1) is 0 Å². The summed E-state index contributed by atoms with van der Waals surface area (Å²) >= 11 is 0. The standard InChI is InChI=1S/C17H20N2O6/c1-17(2,3)25-16(23)18-10-8-24-12-6-4-5-9-7-11(15(21)22)19(13(9)12)14(10)20/h4-6,10-11H,7-8H2,1-3H3,(H,18,23)(H,21,22)/t10-,11+/m0/s1. The van der Waals surface area contributed by atoms with Gasteiger partial charge in [-0.05, 0) is 32.4 Å². The molecule has 0 aliphatic carbocycles. The van der Waals surface area contributed by atoms with Crippen LogP contribution in [0.2, 0.25) is 0 Å². The lowest BCUT2D eigenvalue weighted by Crippen LogP contribution is -2.54. The Balaban J connectivity index is 1.89. The van der Waals surface area contributed by atoms with E-state index >= 15 is 0 Å². The van der Waals surface area contributed by atoms with E-state index in [4.69, 9.17) is 9.47 Å². The SMILES string of the molecule is CC(C)(C)OC(=O)N[C@H]1COc2cccc3c2N(C1=O)[C@@H](C(=O)O)C3. The molecular formula is C17H20N2O6. The number of carbonyl (C=O) groups is 3. The van der Waals surface area contributed by atoms with Crippen molar-refractivity contribution in [2.24, 2.45) is 0 Å². The van der Waals surface area contributed by atoms with Gasteiger partial charge in [0.15, 0.2) is 0 Å². The summed E-state index contributed by atoms with van der Waals surface area (Å²) in [4.78, 5) is 37.7. The number of carboxylic acids is 1. The fourth-order valence-electron chi connectivity index (χ4n) is 3.00. The highest BCUT2D eigenvalue weighted by Crippen LogP contribution is 2.42. The number of rotatable bonds is 2. The Bertz CT molecular complexity index is 739. The van der Waals surface area contributed by atoms with E-state index in [0.717, 1.165) is 5.56 Å². The van der Waals surface area contributed by atoms with Crippen LogP contribution in [0.25, 0.3) is 0 Å². The topological polar surface area (TPSA) is 105 Å². The number of alkyl carbamates (subject to hydrolysis) is 1. The second kappa shape index (κ2) is 5.94. The van der Waals surface area contributed by atoms with Crippen LogP contribution >= 0.6 is 0 Å². The van der Waals surface area contributed by atoms with E-state index in [2.05, 4.69) is 5.32 Å². The van der Waals surface area contributed by atoms with E-state index in [0.29, 0.717) is 11.4 Å². The number of benzene rings is 1. The summed E-state index contributed by atoms with van der Waals surface area (Å²) in [6.07, 6.45) is -0.557. The highest BCUT2D eigenvalue weighted by Gasteiger charge is 2.45. The van der Waals surface area contributed by atoms with Crippen molar-refractivity contribution >= 4 is 23.7 Å². The van der Waals surface area contributed by atoms with Gasteiger partial charge in [-0.15, -0.1) is 0 Å². The third kappa shape index (κ3) is 3.24. The maximum atomic E-state index is 12.9. The summed E-state index contributed by atoms with van der Waals surface area (Å²) in [5.74, 6) is -1.20. The van der Waals surface area contributed by atoms with Gasteiger partial charge in [-0.3, -0.25) is 9.69 Å². The fraction of sp³-hybridized carbons (Fsp3) is 0.471. The molecule has 134 valence electrons. The number of carbonyl (C=O) groups excluding carboxylic acids is 2. The fourth-order valence-corrected chi connectivity index (χ4v) is 3.00. The Morgan fingerprint density at radius 2 is 2.08 bits per heavy atom. The van der Waals surface area contributed by atoms with Gasteiger partial charge in [-0.2, -0.15) is 0 Å². The average Bonchev–Trinajstić information content (AvgIpc) is 2.83. The molecule has 8 heteroatoms. The van der Waals surface area contributed by atoms with Crippen molar-refractivity contribution in [3.05, 3.63) is 23.8 Å². The number of aliphatic carboxylic acids is 1. The average molecular weight is 348 g/mol. The highest BCUT2D eigenvalue weighted by atomic mass is 16.6. The van der Waals surface area contributed by atoms with Gasteiger partial charge in [0.2, 0.25) is 0 Å². The Morgan fingerprint density at radius 1 is 1.36 bits per heavy atom. The Labute approximate surface area is 144 Å². The monoisotopic (exact) mass is 348 g/mol. The van der Waals surface area contributed by atoms with Crippen LogP contribution in [0.1, 0.15) is 26.3 Å². The minimum Gasteiger partial charge on any atom is -0.489 e. The van der Waals surface area contributed by atoms with Gasteiger partial charge in [-0.25, -0.2) is 9.59 Å². The first kappa shape index (κ1) is 17.1. The van der Waals surface area contributed by atoms with Crippen molar-refractivity contribution in [3.63, 3.8) is 0 Å². The molecule has 1 aromatic carbocycles. The first-order valence-electron chi connectivity index (χ1n) is 7.97. The molecule has 2 N–H and O–H groups in total. The van der Waals surface area contributed by atoms with Gasteiger partial charge < -0.3 is 19.9 Å². The molecule has 2 aliphatic heterocycles. The first-order chi connectivity index (χ1) is 11.7. The molecule has 0 fully saturated rings. The Hall–Kier alpha value is -2.77. The lowest BCUT2D eigenvalue weighted by Gasteiger charge is -2.26. The molecule has 0 bridgehead atoms. The Kier molecular flexibility index (Phi) is 4.06. The van der Waals surface area contributed by atoms with E-state index in [1.54, 1.807) is 39.0 Å². The van der Waals surface area contributed by atoms with Gasteiger partial charge >= 0.3 is 12.1 Å². The molecular weight excluding hydrogens is 328 g/mol. The highest BCUT2D eigenvalue weighted by molar-refractivity contribution is 6.07. The first-order valence-corrected chi connectivity index (χ1v) is 7.97. The zero-order valence-corrected chi connectivity index (χ0v) is 14.2. The van der Waals surface area contributed by atoms with E-state index < -0.39 is 35.7 Å². The number of anilines is 1. The summed E-state index contributed by atoms with van der Waals surface area (Å²) < 4.78 is 10.8. The predicted octanol–water partition coefficient (Wildman–Crippen LogP) is 1.31. The number of carboxylic acid groups (broad SMARTS) is 1. The summed E-state index contributed by atoms with van der Waals surface area (Å²) in [6.45, 7) is 5.03. The van der Waals surface area contributed by atoms with Gasteiger partial charge in [0.05, 0.1) is 5.69 Å². The number of nitrogens with zero attached hydrogens (tertiary/aromatic N) is 1. The molecule has 2 heterocycles. The molecule has 1 aromatic rings. The maximum Gasteiger partial charge on any atom is 0.408 e. The van der Waals surface area contributed by atoms with Crippen LogP contribution in [-0.2, 0) is 20.7 Å². The van der Waals surface area contributed by atoms with E-state index in [-0.39, 0.29) is 13.0 Å². The molecule has 25 heavy (non-hydrogen) atoms. The van der Waals surface area contributed by atoms with Crippen LogP contribution in [0.5, 0.6) is 5.75 Å². The normalized spacial score (nSPS) is 21.9. The van der Waals surface area contributed by atoms with Crippen LogP contribution in [0.4, 0.5) is 10.5 Å². The van der Waals surface area contributed by atoms with Gasteiger partial charge in [0.1, 0.15) is 30.0 Å². The number of ether oxygens (including phenoxy) is 2. The minimum atomic E-state index is -1.10. The van der Waals surface area contributed by atoms with Crippen LogP contribution in [0.3, 0.4) is 0 Å². The molecule has 0 saturated heterocycles. The minimum absolute atomic E-state index is 0.0998. The lowest BCUT2D eigenvalue weighted by atomic mass is 10.1. The van der Waals surface area contributed by atoms with E-state index in [1.807, 2.05) is 0 Å². The zero-order chi connectivity index (χ0) is 18.4. The molecule has 0 aromatic heterocycles. The van der Waals surface area contributed by atoms with Crippen LogP contribution < -0.4 is 15.0 Å². The third-order valence-electron chi connectivity index (χ3n) is 3.97. The molecule has 2 aliphatic rings. The zero-order valence-electron chi connectivity index (χ0n) is 14.2. The van der Waals surface area contributed by atoms with Crippen molar-refractivity contribution in [2.45, 2.75) is 44.9 Å². The molecule has 2 amide bonds. The third-order valence-corrected chi connectivity index (χ3v) is 3.97. The van der Waals surface area contributed by atoms with E-state index in [1.165, 1.54) is 4.90 Å². The van der Waals surface area contributed by atoms with Crippen molar-refractivity contribution in [2.75, 3.05) is 11.5 Å². The largest absolute Gasteiger partial charge is 0.489 e. The molecule has 2 atom stereocenters. The second-order valence-corrected chi connectivity index (χ2v) is 7.04. The summed E-state index contributed by atoms with van der Waals surface area (Å²) in [7, 11) is 0. The number of nitrogens with one attached hydrogen (secondary N) is 1. The predicted molar refractivity (Wildman–Crippen MR) is 87.7 cm³/mol. The molecule has 3 rings (SSSR count). The smallest absolute Gasteiger partial charge is 0.408 e. The number of hydrogen-bond acceptors (Lipinski definition) is 5. The second-order valence-electron chi connectivity index (χ2n) is 7.04. The summed E-state index contributed by atoms with van der Waals surface area (Å²) in [5.41, 5.74) is 0.482. The van der Waals surface area contributed by atoms with Crippen molar-refractivity contribution in [3.8, 4) is 5.75 Å². The summed E-state index contributed by atoms with van der Waals surface area (Å²) in [5, 5.41) is 12.0. The molecule has 8 nitrogen and oxygen atoms in total.